The van der Waals surface area contributed by atoms with Gasteiger partial charge in [-0.15, -0.1) is 0 Å². The quantitative estimate of drug-likeness (QED) is 0.843. The SMILES string of the molecule is CCN1CCCCNC(=O)CC(c2ccccc2)N(C(=O)C(C)(C)C)CCC1. The molecule has 0 bridgehead atoms. The molecule has 28 heavy (non-hydrogen) atoms. The molecule has 1 unspecified atom stereocenters. The molecular formula is C23H37N3O2. The van der Waals surface area contributed by atoms with Gasteiger partial charge in [-0.25, -0.2) is 0 Å². The molecule has 0 saturated carbocycles. The Bertz CT molecular complexity index is 624. The average Bonchev–Trinajstić information content (AvgIpc) is 2.68. The molecule has 2 rings (SSSR count). The van der Waals surface area contributed by atoms with Crippen LogP contribution in [0.15, 0.2) is 30.3 Å². The van der Waals surface area contributed by atoms with Crippen LogP contribution in [0.2, 0.25) is 0 Å². The maximum atomic E-state index is 13.3. The van der Waals surface area contributed by atoms with E-state index in [1.807, 2.05) is 56.0 Å². The summed E-state index contributed by atoms with van der Waals surface area (Å²) in [6.45, 7) is 12.5. The van der Waals surface area contributed by atoms with Gasteiger partial charge in [0.05, 0.1) is 12.5 Å². The van der Waals surface area contributed by atoms with Gasteiger partial charge in [-0.05, 0) is 44.5 Å². The normalized spacial score (nSPS) is 21.2. The Morgan fingerprint density at radius 3 is 2.39 bits per heavy atom. The number of nitrogens with one attached hydrogen (secondary N) is 1. The zero-order chi connectivity index (χ0) is 20.6. The first-order chi connectivity index (χ1) is 13.3. The van der Waals surface area contributed by atoms with Gasteiger partial charge in [0.2, 0.25) is 11.8 Å². The highest BCUT2D eigenvalue weighted by molar-refractivity contribution is 5.83. The summed E-state index contributed by atoms with van der Waals surface area (Å²) in [5.41, 5.74) is 0.541. The first-order valence-electron chi connectivity index (χ1n) is 10.7. The van der Waals surface area contributed by atoms with Crippen LogP contribution in [0.1, 0.15) is 65.0 Å². The number of amides is 2. The molecule has 1 aromatic carbocycles. The molecule has 0 aromatic heterocycles. The van der Waals surface area contributed by atoms with Crippen LogP contribution in [0, 0.1) is 5.41 Å². The van der Waals surface area contributed by atoms with E-state index in [1.165, 1.54) is 0 Å². The third kappa shape index (κ3) is 6.62. The molecule has 2 amide bonds. The summed E-state index contributed by atoms with van der Waals surface area (Å²) in [4.78, 5) is 30.4. The van der Waals surface area contributed by atoms with E-state index in [0.717, 1.165) is 44.5 Å². The molecule has 5 nitrogen and oxygen atoms in total. The Morgan fingerprint density at radius 1 is 1.07 bits per heavy atom. The molecule has 5 heteroatoms. The maximum absolute atomic E-state index is 13.3. The summed E-state index contributed by atoms with van der Waals surface area (Å²) < 4.78 is 0. The predicted octanol–water partition coefficient (Wildman–Crippen LogP) is 3.61. The second-order valence-corrected chi connectivity index (χ2v) is 8.72. The zero-order valence-corrected chi connectivity index (χ0v) is 18.0. The van der Waals surface area contributed by atoms with Gasteiger partial charge in [0.15, 0.2) is 0 Å². The van der Waals surface area contributed by atoms with E-state index in [4.69, 9.17) is 0 Å². The van der Waals surface area contributed by atoms with Crippen LogP contribution in [0.25, 0.3) is 0 Å². The molecular weight excluding hydrogens is 350 g/mol. The van der Waals surface area contributed by atoms with Crippen LogP contribution in [0.3, 0.4) is 0 Å². The molecule has 1 fully saturated rings. The van der Waals surface area contributed by atoms with Gasteiger partial charge in [0.1, 0.15) is 0 Å². The molecule has 1 atom stereocenters. The monoisotopic (exact) mass is 387 g/mol. The third-order valence-corrected chi connectivity index (χ3v) is 5.39. The first kappa shape index (κ1) is 22.4. The Hall–Kier alpha value is -1.88. The van der Waals surface area contributed by atoms with Crippen LogP contribution in [-0.4, -0.2) is 54.3 Å². The fourth-order valence-corrected chi connectivity index (χ4v) is 3.74. The van der Waals surface area contributed by atoms with E-state index < -0.39 is 5.41 Å². The van der Waals surface area contributed by atoms with Crippen molar-refractivity contribution in [3.63, 3.8) is 0 Å². The van der Waals surface area contributed by atoms with Gasteiger partial charge in [0, 0.05) is 18.5 Å². The molecule has 1 aliphatic heterocycles. The third-order valence-electron chi connectivity index (χ3n) is 5.39. The lowest BCUT2D eigenvalue weighted by atomic mass is 9.91. The highest BCUT2D eigenvalue weighted by Gasteiger charge is 2.33. The van der Waals surface area contributed by atoms with Gasteiger partial charge >= 0.3 is 0 Å². The molecule has 156 valence electrons. The van der Waals surface area contributed by atoms with E-state index in [1.54, 1.807) is 0 Å². The van der Waals surface area contributed by atoms with Gasteiger partial charge in [0.25, 0.3) is 0 Å². The number of hydrogen-bond donors (Lipinski definition) is 1. The van der Waals surface area contributed by atoms with E-state index in [9.17, 15) is 9.59 Å². The van der Waals surface area contributed by atoms with E-state index in [0.29, 0.717) is 19.5 Å². The van der Waals surface area contributed by atoms with Gasteiger partial charge in [-0.1, -0.05) is 58.0 Å². The Labute approximate surface area is 170 Å². The molecule has 1 saturated heterocycles. The number of carbonyl (C=O) groups is 2. The van der Waals surface area contributed by atoms with Crippen molar-refractivity contribution in [2.45, 2.75) is 59.4 Å². The second kappa shape index (κ2) is 10.6. The smallest absolute Gasteiger partial charge is 0.228 e. The van der Waals surface area contributed by atoms with Gasteiger partial charge in [-0.3, -0.25) is 9.59 Å². The molecule has 1 N–H and O–H groups in total. The number of benzene rings is 1. The van der Waals surface area contributed by atoms with Crippen molar-refractivity contribution in [1.82, 2.24) is 15.1 Å². The Morgan fingerprint density at radius 2 is 1.75 bits per heavy atom. The average molecular weight is 388 g/mol. The molecule has 0 radical (unpaired) electrons. The highest BCUT2D eigenvalue weighted by atomic mass is 16.2. The Kier molecular flexibility index (Phi) is 8.49. The van der Waals surface area contributed by atoms with Crippen LogP contribution in [-0.2, 0) is 9.59 Å². The maximum Gasteiger partial charge on any atom is 0.228 e. The van der Waals surface area contributed by atoms with Crippen LogP contribution in [0.4, 0.5) is 0 Å². The molecule has 0 aliphatic carbocycles. The largest absolute Gasteiger partial charge is 0.356 e. The van der Waals surface area contributed by atoms with Crippen molar-refractivity contribution in [2.75, 3.05) is 32.7 Å². The first-order valence-corrected chi connectivity index (χ1v) is 10.7. The standard InChI is InChI=1S/C23H37N3O2/c1-5-25-15-10-9-14-24-21(27)18-20(19-12-7-6-8-13-19)26(17-11-16-25)22(28)23(2,3)4/h6-8,12-13,20H,5,9-11,14-18H2,1-4H3,(H,24,27). The van der Waals surface area contributed by atoms with Crippen LogP contribution >= 0.6 is 0 Å². The topological polar surface area (TPSA) is 52.7 Å². The summed E-state index contributed by atoms with van der Waals surface area (Å²) in [5.74, 6) is 0.124. The number of rotatable bonds is 2. The summed E-state index contributed by atoms with van der Waals surface area (Å²) in [7, 11) is 0. The fourth-order valence-electron chi connectivity index (χ4n) is 3.74. The fraction of sp³-hybridized carbons (Fsp3) is 0.652. The number of nitrogens with zero attached hydrogens (tertiary/aromatic N) is 2. The van der Waals surface area contributed by atoms with Crippen molar-refractivity contribution in [2.24, 2.45) is 5.41 Å². The summed E-state index contributed by atoms with van der Waals surface area (Å²) >= 11 is 0. The lowest BCUT2D eigenvalue weighted by Gasteiger charge is -2.36. The second-order valence-electron chi connectivity index (χ2n) is 8.72. The minimum atomic E-state index is -0.484. The Balaban J connectivity index is 2.34. The molecule has 1 aliphatic rings. The summed E-state index contributed by atoms with van der Waals surface area (Å²) in [6, 6.07) is 9.75. The number of carbonyl (C=O) groups excluding carboxylic acids is 2. The van der Waals surface area contributed by atoms with E-state index >= 15 is 0 Å². The van der Waals surface area contributed by atoms with Crippen molar-refractivity contribution in [1.29, 1.82) is 0 Å². The van der Waals surface area contributed by atoms with Gasteiger partial charge < -0.3 is 15.1 Å². The minimum Gasteiger partial charge on any atom is -0.356 e. The summed E-state index contributed by atoms with van der Waals surface area (Å²) in [5, 5.41) is 3.06. The van der Waals surface area contributed by atoms with E-state index in [2.05, 4.69) is 17.1 Å². The lowest BCUT2D eigenvalue weighted by Crippen LogP contribution is -2.44. The molecule has 0 spiro atoms. The van der Waals surface area contributed by atoms with Crippen molar-refractivity contribution in [3.8, 4) is 0 Å². The van der Waals surface area contributed by atoms with Crippen LogP contribution in [0.5, 0.6) is 0 Å². The van der Waals surface area contributed by atoms with E-state index in [-0.39, 0.29) is 17.9 Å². The summed E-state index contributed by atoms with van der Waals surface area (Å²) in [6.07, 6.45) is 3.30. The zero-order valence-electron chi connectivity index (χ0n) is 18.0. The lowest BCUT2D eigenvalue weighted by molar-refractivity contribution is -0.143. The highest BCUT2D eigenvalue weighted by Crippen LogP contribution is 2.30. The van der Waals surface area contributed by atoms with Crippen molar-refractivity contribution in [3.05, 3.63) is 35.9 Å². The number of hydrogen-bond acceptors (Lipinski definition) is 3. The van der Waals surface area contributed by atoms with Crippen LogP contribution < -0.4 is 5.32 Å². The molecule has 1 aromatic rings. The minimum absolute atomic E-state index is 0.0205. The van der Waals surface area contributed by atoms with Gasteiger partial charge in [-0.2, -0.15) is 0 Å². The van der Waals surface area contributed by atoms with Crippen molar-refractivity contribution >= 4 is 11.8 Å². The molecule has 1 heterocycles. The van der Waals surface area contributed by atoms with Crippen molar-refractivity contribution < 1.29 is 9.59 Å². The predicted molar refractivity (Wildman–Crippen MR) is 114 cm³/mol.